The Balaban J connectivity index is 1.97. The zero-order valence-corrected chi connectivity index (χ0v) is 11.1. The van der Waals surface area contributed by atoms with Gasteiger partial charge in [0.25, 0.3) is 0 Å². The fourth-order valence-electron chi connectivity index (χ4n) is 1.46. The monoisotopic (exact) mass is 277 g/mol. The standard InChI is InChI=1S/C12H7NOS3/c14-7-8-6-13-12(16-8)11-4-3-10(17-11)9-2-1-5-15-9/h1-7H. The molecule has 0 aromatic carbocycles. The van der Waals surface area contributed by atoms with E-state index in [2.05, 4.69) is 28.6 Å². The van der Waals surface area contributed by atoms with Crippen LogP contribution in [0.1, 0.15) is 9.67 Å². The van der Waals surface area contributed by atoms with Crippen LogP contribution in [0, 0.1) is 0 Å². The van der Waals surface area contributed by atoms with Crippen LogP contribution in [0.15, 0.2) is 35.8 Å². The van der Waals surface area contributed by atoms with Crippen molar-refractivity contribution in [1.29, 1.82) is 0 Å². The van der Waals surface area contributed by atoms with Gasteiger partial charge in [-0.05, 0) is 23.6 Å². The lowest BCUT2D eigenvalue weighted by molar-refractivity contribution is 0.112. The SMILES string of the molecule is O=Cc1cnc(-c2ccc(-c3cccs3)s2)s1. The number of nitrogens with zero attached hydrogens (tertiary/aromatic N) is 1. The van der Waals surface area contributed by atoms with Gasteiger partial charge in [-0.1, -0.05) is 6.07 Å². The highest BCUT2D eigenvalue weighted by molar-refractivity contribution is 7.26. The van der Waals surface area contributed by atoms with Gasteiger partial charge in [-0.15, -0.1) is 34.0 Å². The first kappa shape index (κ1) is 10.8. The van der Waals surface area contributed by atoms with Crippen LogP contribution in [0.4, 0.5) is 0 Å². The summed E-state index contributed by atoms with van der Waals surface area (Å²) in [7, 11) is 0. The molecule has 3 aromatic rings. The van der Waals surface area contributed by atoms with Gasteiger partial charge >= 0.3 is 0 Å². The largest absolute Gasteiger partial charge is 0.297 e. The van der Waals surface area contributed by atoms with Crippen molar-refractivity contribution >= 4 is 40.3 Å². The topological polar surface area (TPSA) is 30.0 Å². The van der Waals surface area contributed by atoms with Crippen LogP contribution in [-0.4, -0.2) is 11.3 Å². The lowest BCUT2D eigenvalue weighted by Gasteiger charge is -1.88. The smallest absolute Gasteiger partial charge is 0.161 e. The van der Waals surface area contributed by atoms with Crippen LogP contribution in [0.3, 0.4) is 0 Å². The van der Waals surface area contributed by atoms with E-state index in [0.29, 0.717) is 4.88 Å². The molecule has 0 aliphatic rings. The van der Waals surface area contributed by atoms with E-state index in [1.165, 1.54) is 21.1 Å². The zero-order valence-electron chi connectivity index (χ0n) is 8.62. The molecular weight excluding hydrogens is 270 g/mol. The maximum Gasteiger partial charge on any atom is 0.161 e. The van der Waals surface area contributed by atoms with E-state index in [0.717, 1.165) is 16.2 Å². The summed E-state index contributed by atoms with van der Waals surface area (Å²) < 4.78 is 0. The van der Waals surface area contributed by atoms with Crippen molar-refractivity contribution in [2.75, 3.05) is 0 Å². The number of carbonyl (C=O) groups is 1. The lowest BCUT2D eigenvalue weighted by atomic mass is 10.4. The number of aldehydes is 1. The summed E-state index contributed by atoms with van der Waals surface area (Å²) in [5.74, 6) is 0. The summed E-state index contributed by atoms with van der Waals surface area (Å²) in [5.41, 5.74) is 0. The van der Waals surface area contributed by atoms with Crippen LogP contribution < -0.4 is 0 Å². The Morgan fingerprint density at radius 3 is 2.65 bits per heavy atom. The van der Waals surface area contributed by atoms with E-state index in [-0.39, 0.29) is 0 Å². The molecule has 5 heteroatoms. The van der Waals surface area contributed by atoms with E-state index in [1.807, 2.05) is 6.07 Å². The molecule has 3 heterocycles. The van der Waals surface area contributed by atoms with Gasteiger partial charge in [0.2, 0.25) is 0 Å². The number of carbonyl (C=O) groups excluding carboxylic acids is 1. The summed E-state index contributed by atoms with van der Waals surface area (Å²) in [6, 6.07) is 8.33. The fraction of sp³-hybridized carbons (Fsp3) is 0. The highest BCUT2D eigenvalue weighted by atomic mass is 32.1. The van der Waals surface area contributed by atoms with Crippen molar-refractivity contribution in [2.45, 2.75) is 0 Å². The Kier molecular flexibility index (Phi) is 2.88. The predicted octanol–water partition coefficient (Wildman–Crippen LogP) is 4.41. The zero-order chi connectivity index (χ0) is 11.7. The number of hydrogen-bond donors (Lipinski definition) is 0. The van der Waals surface area contributed by atoms with Gasteiger partial charge in [0.1, 0.15) is 5.01 Å². The third kappa shape index (κ3) is 2.09. The predicted molar refractivity (Wildman–Crippen MR) is 74.1 cm³/mol. The number of hydrogen-bond acceptors (Lipinski definition) is 5. The van der Waals surface area contributed by atoms with Gasteiger partial charge in [-0.2, -0.15) is 0 Å². The maximum atomic E-state index is 10.6. The first-order valence-electron chi connectivity index (χ1n) is 4.92. The first-order valence-corrected chi connectivity index (χ1v) is 7.43. The van der Waals surface area contributed by atoms with E-state index < -0.39 is 0 Å². The molecule has 0 unspecified atom stereocenters. The third-order valence-corrected chi connectivity index (χ3v) is 5.46. The number of aromatic nitrogens is 1. The second kappa shape index (κ2) is 4.52. The molecular formula is C12H7NOS3. The summed E-state index contributed by atoms with van der Waals surface area (Å²) in [6.45, 7) is 0. The van der Waals surface area contributed by atoms with Gasteiger partial charge < -0.3 is 0 Å². The van der Waals surface area contributed by atoms with Gasteiger partial charge in [0.05, 0.1) is 9.75 Å². The number of rotatable bonds is 3. The molecule has 0 spiro atoms. The molecule has 3 aromatic heterocycles. The van der Waals surface area contributed by atoms with Gasteiger partial charge in [0, 0.05) is 16.0 Å². The van der Waals surface area contributed by atoms with Crippen molar-refractivity contribution in [2.24, 2.45) is 0 Å². The summed E-state index contributed by atoms with van der Waals surface area (Å²) >= 11 is 4.87. The van der Waals surface area contributed by atoms with Crippen LogP contribution in [-0.2, 0) is 0 Å². The molecule has 0 amide bonds. The van der Waals surface area contributed by atoms with Crippen LogP contribution in [0.25, 0.3) is 19.6 Å². The molecule has 2 nitrogen and oxygen atoms in total. The molecule has 0 saturated heterocycles. The molecule has 0 saturated carbocycles. The second-order valence-electron chi connectivity index (χ2n) is 3.33. The van der Waals surface area contributed by atoms with Gasteiger partial charge in [-0.25, -0.2) is 4.98 Å². The van der Waals surface area contributed by atoms with E-state index in [1.54, 1.807) is 28.9 Å². The molecule has 0 bridgehead atoms. The second-order valence-corrected chi connectivity index (χ2v) is 6.42. The molecule has 0 N–H and O–H groups in total. The van der Waals surface area contributed by atoms with Crippen LogP contribution >= 0.6 is 34.0 Å². The molecule has 0 radical (unpaired) electrons. The minimum Gasteiger partial charge on any atom is -0.297 e. The van der Waals surface area contributed by atoms with Crippen molar-refractivity contribution < 1.29 is 4.79 Å². The quantitative estimate of drug-likeness (QED) is 0.664. The number of thiazole rings is 1. The molecule has 0 aliphatic heterocycles. The van der Waals surface area contributed by atoms with Crippen molar-refractivity contribution in [1.82, 2.24) is 4.98 Å². The Labute approximate surface area is 110 Å². The van der Waals surface area contributed by atoms with Gasteiger partial charge in [0.15, 0.2) is 6.29 Å². The summed E-state index contributed by atoms with van der Waals surface area (Å²) in [5, 5.41) is 2.99. The van der Waals surface area contributed by atoms with E-state index in [4.69, 9.17) is 0 Å². The third-order valence-electron chi connectivity index (χ3n) is 2.22. The first-order chi connectivity index (χ1) is 8.36. The minimum atomic E-state index is 0.672. The Morgan fingerprint density at radius 1 is 1.06 bits per heavy atom. The van der Waals surface area contributed by atoms with E-state index >= 15 is 0 Å². The highest BCUT2D eigenvalue weighted by Crippen LogP contribution is 2.37. The van der Waals surface area contributed by atoms with Crippen molar-refractivity contribution in [3.8, 4) is 19.6 Å². The van der Waals surface area contributed by atoms with Crippen molar-refractivity contribution in [3.05, 3.63) is 40.7 Å². The van der Waals surface area contributed by atoms with Crippen LogP contribution in [0.2, 0.25) is 0 Å². The molecule has 0 aliphatic carbocycles. The van der Waals surface area contributed by atoms with E-state index in [9.17, 15) is 4.79 Å². The molecule has 3 rings (SSSR count). The average Bonchev–Trinajstić information content (AvgIpc) is 3.09. The van der Waals surface area contributed by atoms with Crippen molar-refractivity contribution in [3.63, 3.8) is 0 Å². The number of thiophene rings is 2. The Bertz CT molecular complexity index is 636. The maximum absolute atomic E-state index is 10.6. The average molecular weight is 277 g/mol. The van der Waals surface area contributed by atoms with Gasteiger partial charge in [-0.3, -0.25) is 4.79 Å². The molecule has 84 valence electrons. The van der Waals surface area contributed by atoms with Crippen LogP contribution in [0.5, 0.6) is 0 Å². The Hall–Kier alpha value is -1.30. The minimum absolute atomic E-state index is 0.672. The normalized spacial score (nSPS) is 10.6. The summed E-state index contributed by atoms with van der Waals surface area (Å²) in [6.07, 6.45) is 2.46. The summed E-state index contributed by atoms with van der Waals surface area (Å²) in [4.78, 5) is 19.2. The highest BCUT2D eigenvalue weighted by Gasteiger charge is 2.09. The fourth-order valence-corrected chi connectivity index (χ4v) is 4.09. The molecule has 0 atom stereocenters. The lowest BCUT2D eigenvalue weighted by Crippen LogP contribution is -1.64. The molecule has 0 fully saturated rings. The Morgan fingerprint density at radius 2 is 1.94 bits per heavy atom. The molecule has 17 heavy (non-hydrogen) atoms.